The third-order valence-electron chi connectivity index (χ3n) is 2.79. The van der Waals surface area contributed by atoms with Gasteiger partial charge in [0.2, 0.25) is 0 Å². The molecule has 0 saturated carbocycles. The molecule has 17 heavy (non-hydrogen) atoms. The highest BCUT2D eigenvalue weighted by Gasteiger charge is 2.36. The second-order valence-corrected chi connectivity index (χ2v) is 4.77. The molecule has 1 aromatic carbocycles. The summed E-state index contributed by atoms with van der Waals surface area (Å²) in [7, 11) is 1.29. The highest BCUT2D eigenvalue weighted by molar-refractivity contribution is 6.30. The van der Waals surface area contributed by atoms with Crippen LogP contribution in [0.2, 0.25) is 5.02 Å². The lowest BCUT2D eigenvalue weighted by Crippen LogP contribution is -2.37. The lowest BCUT2D eigenvalue weighted by atomic mass is 9.81. The number of rotatable bonds is 3. The smallest absolute Gasteiger partial charge is 0.313 e. The Morgan fingerprint density at radius 1 is 1.53 bits per heavy atom. The Balaban J connectivity index is 3.07. The van der Waals surface area contributed by atoms with Crippen LogP contribution in [0.15, 0.2) is 18.2 Å². The number of hydrogen-bond acceptors (Lipinski definition) is 3. The largest absolute Gasteiger partial charge is 0.469 e. The van der Waals surface area contributed by atoms with Gasteiger partial charge in [-0.2, -0.15) is 0 Å². The number of hydrogen-bond donors (Lipinski definition) is 1. The normalized spacial score (nSPS) is 13.3. The van der Waals surface area contributed by atoms with Crippen LogP contribution in [0.4, 0.5) is 4.39 Å². The van der Waals surface area contributed by atoms with E-state index >= 15 is 0 Å². The van der Waals surface area contributed by atoms with E-state index < -0.39 is 23.2 Å². The van der Waals surface area contributed by atoms with Gasteiger partial charge in [-0.25, -0.2) is 4.39 Å². The average molecular weight is 260 g/mol. The van der Waals surface area contributed by atoms with Crippen molar-refractivity contribution in [1.29, 1.82) is 0 Å². The van der Waals surface area contributed by atoms with Crippen LogP contribution < -0.4 is 5.73 Å². The third-order valence-corrected chi connectivity index (χ3v) is 3.10. The summed E-state index contributed by atoms with van der Waals surface area (Å²) >= 11 is 5.58. The van der Waals surface area contributed by atoms with Gasteiger partial charge in [-0.05, 0) is 31.5 Å². The van der Waals surface area contributed by atoms with Crippen molar-refractivity contribution in [2.24, 2.45) is 11.1 Å². The number of carbonyl (C=O) groups excluding carboxylic acids is 1. The van der Waals surface area contributed by atoms with Gasteiger partial charge >= 0.3 is 5.97 Å². The zero-order chi connectivity index (χ0) is 13.2. The van der Waals surface area contributed by atoms with Crippen LogP contribution >= 0.6 is 11.6 Å². The van der Waals surface area contributed by atoms with E-state index in [1.165, 1.54) is 19.2 Å². The Morgan fingerprint density at radius 2 is 2.12 bits per heavy atom. The molecule has 2 N–H and O–H groups in total. The van der Waals surface area contributed by atoms with Crippen LogP contribution in [0.3, 0.4) is 0 Å². The Morgan fingerprint density at radius 3 is 2.59 bits per heavy atom. The Labute approximate surface area is 105 Å². The molecule has 1 aromatic rings. The average Bonchev–Trinajstić information content (AvgIpc) is 2.30. The third kappa shape index (κ3) is 2.76. The number of nitrogens with two attached hydrogens (primary N) is 1. The van der Waals surface area contributed by atoms with Crippen LogP contribution in [0.5, 0.6) is 0 Å². The van der Waals surface area contributed by atoms with Crippen LogP contribution in [0, 0.1) is 11.2 Å². The Hall–Kier alpha value is -1.13. The molecule has 0 fully saturated rings. The maximum absolute atomic E-state index is 13.3. The van der Waals surface area contributed by atoms with Crippen LogP contribution in [0.25, 0.3) is 0 Å². The molecule has 94 valence electrons. The van der Waals surface area contributed by atoms with Crippen molar-refractivity contribution >= 4 is 17.6 Å². The van der Waals surface area contributed by atoms with Crippen LogP contribution in [-0.2, 0) is 9.53 Å². The molecule has 0 aliphatic heterocycles. The predicted octanol–water partition coefficient (Wildman–Crippen LogP) is 2.68. The number of esters is 1. The van der Waals surface area contributed by atoms with Gasteiger partial charge in [0.05, 0.1) is 17.5 Å². The first-order valence-electron chi connectivity index (χ1n) is 5.09. The second kappa shape index (κ2) is 5.02. The first-order valence-corrected chi connectivity index (χ1v) is 5.47. The molecule has 0 saturated heterocycles. The molecule has 0 unspecified atom stereocenters. The lowest BCUT2D eigenvalue weighted by molar-refractivity contribution is -0.152. The van der Waals surface area contributed by atoms with E-state index in [9.17, 15) is 9.18 Å². The van der Waals surface area contributed by atoms with Gasteiger partial charge in [-0.15, -0.1) is 0 Å². The summed E-state index contributed by atoms with van der Waals surface area (Å²) in [5, 5.41) is 0.0248. The highest BCUT2D eigenvalue weighted by atomic mass is 35.5. The minimum Gasteiger partial charge on any atom is -0.469 e. The van der Waals surface area contributed by atoms with E-state index in [4.69, 9.17) is 17.3 Å². The van der Waals surface area contributed by atoms with E-state index in [1.54, 1.807) is 19.9 Å². The molecule has 3 nitrogen and oxygen atoms in total. The first kappa shape index (κ1) is 13.9. The molecule has 0 radical (unpaired) electrons. The van der Waals surface area contributed by atoms with E-state index in [2.05, 4.69) is 4.74 Å². The molecular weight excluding hydrogens is 245 g/mol. The minimum absolute atomic E-state index is 0.0248. The molecule has 0 amide bonds. The molecule has 0 heterocycles. The number of halogens is 2. The Bertz CT molecular complexity index is 435. The first-order chi connectivity index (χ1) is 7.80. The van der Waals surface area contributed by atoms with E-state index in [1.807, 2.05) is 0 Å². The molecule has 1 atom stereocenters. The minimum atomic E-state index is -0.935. The standard InChI is InChI=1S/C12H15ClFNO2/c1-12(2,11(16)17-3)10(15)7-4-5-8(13)9(14)6-7/h4-6,10H,15H2,1-3H3/t10-/m0/s1. The summed E-state index contributed by atoms with van der Waals surface area (Å²) in [5.41, 5.74) is 5.52. The summed E-state index contributed by atoms with van der Waals surface area (Å²) in [6.07, 6.45) is 0. The Kier molecular flexibility index (Phi) is 4.11. The molecule has 5 heteroatoms. The van der Waals surface area contributed by atoms with Gasteiger partial charge in [-0.3, -0.25) is 4.79 Å². The van der Waals surface area contributed by atoms with E-state index in [0.29, 0.717) is 5.56 Å². The maximum atomic E-state index is 13.3. The van der Waals surface area contributed by atoms with Gasteiger partial charge in [0, 0.05) is 6.04 Å². The summed E-state index contributed by atoms with van der Waals surface area (Å²) in [6.45, 7) is 3.30. The van der Waals surface area contributed by atoms with Gasteiger partial charge in [0.15, 0.2) is 0 Å². The molecule has 0 aromatic heterocycles. The van der Waals surface area contributed by atoms with Crippen molar-refractivity contribution in [2.75, 3.05) is 7.11 Å². The fourth-order valence-electron chi connectivity index (χ4n) is 1.51. The quantitative estimate of drug-likeness (QED) is 0.849. The molecule has 0 spiro atoms. The molecule has 0 bridgehead atoms. The number of ether oxygens (including phenoxy) is 1. The van der Waals surface area contributed by atoms with Crippen molar-refractivity contribution in [3.8, 4) is 0 Å². The zero-order valence-corrected chi connectivity index (χ0v) is 10.7. The molecule has 0 aliphatic carbocycles. The van der Waals surface area contributed by atoms with Crippen molar-refractivity contribution in [1.82, 2.24) is 0 Å². The summed E-state index contributed by atoms with van der Waals surface area (Å²) in [6, 6.07) is 3.58. The van der Waals surface area contributed by atoms with Gasteiger partial charge in [0.1, 0.15) is 5.82 Å². The van der Waals surface area contributed by atoms with Gasteiger partial charge in [-0.1, -0.05) is 17.7 Å². The van der Waals surface area contributed by atoms with Gasteiger partial charge < -0.3 is 10.5 Å². The predicted molar refractivity (Wildman–Crippen MR) is 64.1 cm³/mol. The monoisotopic (exact) mass is 259 g/mol. The SMILES string of the molecule is COC(=O)C(C)(C)[C@@H](N)c1ccc(Cl)c(F)c1. The van der Waals surface area contributed by atoms with Crippen molar-refractivity contribution in [3.05, 3.63) is 34.6 Å². The summed E-state index contributed by atoms with van der Waals surface area (Å²) in [5.74, 6) is -0.999. The zero-order valence-electron chi connectivity index (χ0n) is 9.96. The molecule has 1 rings (SSSR count). The number of carbonyl (C=O) groups is 1. The van der Waals surface area contributed by atoms with Crippen molar-refractivity contribution in [3.63, 3.8) is 0 Å². The molecular formula is C12H15ClFNO2. The highest BCUT2D eigenvalue weighted by Crippen LogP contribution is 2.33. The fraction of sp³-hybridized carbons (Fsp3) is 0.417. The number of benzene rings is 1. The van der Waals surface area contributed by atoms with Gasteiger partial charge in [0.25, 0.3) is 0 Å². The van der Waals surface area contributed by atoms with Crippen molar-refractivity contribution < 1.29 is 13.9 Å². The summed E-state index contributed by atoms with van der Waals surface area (Å²) < 4.78 is 18.0. The fourth-order valence-corrected chi connectivity index (χ4v) is 1.63. The maximum Gasteiger partial charge on any atom is 0.313 e. The van der Waals surface area contributed by atoms with Crippen LogP contribution in [-0.4, -0.2) is 13.1 Å². The lowest BCUT2D eigenvalue weighted by Gasteiger charge is -2.28. The van der Waals surface area contributed by atoms with Crippen LogP contribution in [0.1, 0.15) is 25.5 Å². The van der Waals surface area contributed by atoms with Crippen molar-refractivity contribution in [2.45, 2.75) is 19.9 Å². The van der Waals surface area contributed by atoms with E-state index in [-0.39, 0.29) is 5.02 Å². The molecule has 0 aliphatic rings. The van der Waals surface area contributed by atoms with E-state index in [0.717, 1.165) is 0 Å². The second-order valence-electron chi connectivity index (χ2n) is 4.36. The summed E-state index contributed by atoms with van der Waals surface area (Å²) in [4.78, 5) is 11.6. The topological polar surface area (TPSA) is 52.3 Å². The number of methoxy groups -OCH3 is 1.